The van der Waals surface area contributed by atoms with Crippen LogP contribution in [0.15, 0.2) is 24.3 Å². The predicted octanol–water partition coefficient (Wildman–Crippen LogP) is 2.15. The molecule has 0 aliphatic rings. The van der Waals surface area contributed by atoms with E-state index >= 15 is 0 Å². The van der Waals surface area contributed by atoms with E-state index in [4.69, 9.17) is 5.11 Å². The van der Waals surface area contributed by atoms with E-state index in [1.165, 1.54) is 0 Å². The number of benzene rings is 1. The minimum Gasteiger partial charge on any atom is -0.481 e. The van der Waals surface area contributed by atoms with Crippen LogP contribution in [-0.2, 0) is 16.0 Å². The molecule has 0 spiro atoms. The van der Waals surface area contributed by atoms with Gasteiger partial charge in [0, 0.05) is 6.54 Å². The third-order valence-electron chi connectivity index (χ3n) is 2.98. The van der Waals surface area contributed by atoms with Crippen LogP contribution >= 0.6 is 0 Å². The van der Waals surface area contributed by atoms with E-state index in [1.807, 2.05) is 38.1 Å². The lowest BCUT2D eigenvalue weighted by atomic mass is 10.0. The maximum Gasteiger partial charge on any atom is 0.308 e. The summed E-state index contributed by atoms with van der Waals surface area (Å²) in [5.41, 5.74) is 2.06. The van der Waals surface area contributed by atoms with Crippen molar-refractivity contribution >= 4 is 11.9 Å². The van der Waals surface area contributed by atoms with Gasteiger partial charge >= 0.3 is 5.97 Å². The van der Waals surface area contributed by atoms with Gasteiger partial charge in [-0.2, -0.15) is 0 Å². The van der Waals surface area contributed by atoms with Gasteiger partial charge in [-0.05, 0) is 18.9 Å². The van der Waals surface area contributed by atoms with Gasteiger partial charge < -0.3 is 10.4 Å². The summed E-state index contributed by atoms with van der Waals surface area (Å²) in [6.45, 7) is 4.11. The molecule has 19 heavy (non-hydrogen) atoms. The lowest BCUT2D eigenvalue weighted by Gasteiger charge is -2.12. The fraction of sp³-hybridized carbons (Fsp3) is 0.467. The van der Waals surface area contributed by atoms with Crippen LogP contribution in [0.5, 0.6) is 0 Å². The van der Waals surface area contributed by atoms with Crippen molar-refractivity contribution in [1.29, 1.82) is 0 Å². The lowest BCUT2D eigenvalue weighted by molar-refractivity contribution is -0.141. The molecular weight excluding hydrogens is 242 g/mol. The van der Waals surface area contributed by atoms with Gasteiger partial charge in [0.2, 0.25) is 5.91 Å². The molecule has 1 unspecified atom stereocenters. The molecule has 1 atom stereocenters. The minimum absolute atomic E-state index is 0.132. The monoisotopic (exact) mass is 263 g/mol. The van der Waals surface area contributed by atoms with Gasteiger partial charge in [0.25, 0.3) is 0 Å². The summed E-state index contributed by atoms with van der Waals surface area (Å²) in [4.78, 5) is 22.7. The van der Waals surface area contributed by atoms with Crippen LogP contribution in [0.25, 0.3) is 0 Å². The number of rotatable bonds is 7. The average Bonchev–Trinajstić information content (AvgIpc) is 2.34. The number of nitrogens with one attached hydrogen (secondary N) is 1. The number of aliphatic carboxylic acids is 1. The first kappa shape index (κ1) is 15.2. The summed E-state index contributed by atoms with van der Waals surface area (Å²) in [5.74, 6) is -1.47. The Hall–Kier alpha value is -1.84. The lowest BCUT2D eigenvalue weighted by Crippen LogP contribution is -2.33. The summed E-state index contributed by atoms with van der Waals surface area (Å²) in [5, 5.41) is 11.7. The Kier molecular flexibility index (Phi) is 6.06. The molecule has 1 aromatic rings. The maximum atomic E-state index is 11.8. The Balaban J connectivity index is 2.45. The van der Waals surface area contributed by atoms with Gasteiger partial charge in [0.15, 0.2) is 0 Å². The first-order valence-corrected chi connectivity index (χ1v) is 6.58. The quantitative estimate of drug-likeness (QED) is 0.792. The molecule has 4 nitrogen and oxygen atoms in total. The van der Waals surface area contributed by atoms with E-state index in [1.54, 1.807) is 0 Å². The number of aryl methyl sites for hydroxylation is 1. The van der Waals surface area contributed by atoms with E-state index in [0.717, 1.165) is 17.5 Å². The third kappa shape index (κ3) is 5.55. The van der Waals surface area contributed by atoms with Crippen molar-refractivity contribution < 1.29 is 14.7 Å². The molecule has 1 amide bonds. The molecular formula is C15H21NO3. The van der Waals surface area contributed by atoms with Crippen LogP contribution in [-0.4, -0.2) is 23.5 Å². The number of hydrogen-bond donors (Lipinski definition) is 2. The first-order chi connectivity index (χ1) is 9.02. The molecule has 0 aliphatic heterocycles. The van der Waals surface area contributed by atoms with E-state index in [0.29, 0.717) is 12.8 Å². The smallest absolute Gasteiger partial charge is 0.308 e. The second kappa shape index (κ2) is 7.56. The van der Waals surface area contributed by atoms with Gasteiger partial charge in [-0.25, -0.2) is 0 Å². The second-order valence-electron chi connectivity index (χ2n) is 4.79. The number of carbonyl (C=O) groups excluding carboxylic acids is 1. The topological polar surface area (TPSA) is 66.4 Å². The maximum absolute atomic E-state index is 11.8. The minimum atomic E-state index is -0.849. The number of carboxylic acid groups (broad SMARTS) is 1. The van der Waals surface area contributed by atoms with Crippen LogP contribution in [0.2, 0.25) is 0 Å². The summed E-state index contributed by atoms with van der Waals surface area (Å²) < 4.78 is 0. The highest BCUT2D eigenvalue weighted by molar-refractivity contribution is 5.79. The molecule has 0 bridgehead atoms. The van der Waals surface area contributed by atoms with Crippen LogP contribution in [0, 0.1) is 12.8 Å². The Bertz CT molecular complexity index is 443. The fourth-order valence-electron chi connectivity index (χ4n) is 1.97. The van der Waals surface area contributed by atoms with Crippen molar-refractivity contribution in [3.63, 3.8) is 0 Å². The average molecular weight is 263 g/mol. The van der Waals surface area contributed by atoms with Gasteiger partial charge in [-0.15, -0.1) is 0 Å². The summed E-state index contributed by atoms with van der Waals surface area (Å²) >= 11 is 0. The summed E-state index contributed by atoms with van der Waals surface area (Å²) in [6.07, 6.45) is 1.67. The zero-order valence-corrected chi connectivity index (χ0v) is 11.5. The number of carbonyl (C=O) groups is 2. The highest BCUT2D eigenvalue weighted by Crippen LogP contribution is 2.07. The van der Waals surface area contributed by atoms with Gasteiger partial charge in [-0.3, -0.25) is 9.59 Å². The Morgan fingerprint density at radius 3 is 2.68 bits per heavy atom. The normalized spacial score (nSPS) is 11.9. The van der Waals surface area contributed by atoms with Gasteiger partial charge in [-0.1, -0.05) is 43.2 Å². The standard InChI is InChI=1S/C15H21NO3/c1-3-5-13(15(18)19)10-16-14(17)9-12-7-4-6-11(2)8-12/h4,6-8,13H,3,5,9-10H2,1-2H3,(H,16,17)(H,18,19). The molecule has 2 N–H and O–H groups in total. The van der Waals surface area contributed by atoms with Crippen LogP contribution in [0.1, 0.15) is 30.9 Å². The van der Waals surface area contributed by atoms with E-state index in [-0.39, 0.29) is 12.5 Å². The molecule has 0 saturated carbocycles. The molecule has 0 radical (unpaired) electrons. The highest BCUT2D eigenvalue weighted by Gasteiger charge is 2.17. The molecule has 0 fully saturated rings. The van der Waals surface area contributed by atoms with Crippen molar-refractivity contribution in [3.05, 3.63) is 35.4 Å². The van der Waals surface area contributed by atoms with Crippen molar-refractivity contribution in [1.82, 2.24) is 5.32 Å². The third-order valence-corrected chi connectivity index (χ3v) is 2.98. The van der Waals surface area contributed by atoms with Gasteiger partial charge in [0.1, 0.15) is 0 Å². The molecule has 1 rings (SSSR count). The molecule has 0 aliphatic carbocycles. The van der Waals surface area contributed by atoms with Crippen molar-refractivity contribution in [3.8, 4) is 0 Å². The van der Waals surface area contributed by atoms with Crippen molar-refractivity contribution in [2.24, 2.45) is 5.92 Å². The summed E-state index contributed by atoms with van der Waals surface area (Å²) in [7, 11) is 0. The number of carboxylic acids is 1. The SMILES string of the molecule is CCCC(CNC(=O)Cc1cccc(C)c1)C(=O)O. The zero-order valence-electron chi connectivity index (χ0n) is 11.5. The van der Waals surface area contributed by atoms with Gasteiger partial charge in [0.05, 0.1) is 12.3 Å². The predicted molar refractivity (Wildman–Crippen MR) is 73.9 cm³/mol. The fourth-order valence-corrected chi connectivity index (χ4v) is 1.97. The zero-order chi connectivity index (χ0) is 14.3. The van der Waals surface area contributed by atoms with E-state index < -0.39 is 11.9 Å². The van der Waals surface area contributed by atoms with Crippen molar-refractivity contribution in [2.75, 3.05) is 6.54 Å². The Morgan fingerprint density at radius 2 is 2.11 bits per heavy atom. The molecule has 0 heterocycles. The van der Waals surface area contributed by atoms with E-state index in [9.17, 15) is 9.59 Å². The molecule has 0 aromatic heterocycles. The largest absolute Gasteiger partial charge is 0.481 e. The number of amides is 1. The van der Waals surface area contributed by atoms with E-state index in [2.05, 4.69) is 5.32 Å². The summed E-state index contributed by atoms with van der Waals surface area (Å²) in [6, 6.07) is 7.74. The Labute approximate surface area is 113 Å². The highest BCUT2D eigenvalue weighted by atomic mass is 16.4. The van der Waals surface area contributed by atoms with Crippen LogP contribution in [0.3, 0.4) is 0 Å². The molecule has 1 aromatic carbocycles. The molecule has 4 heteroatoms. The number of hydrogen-bond acceptors (Lipinski definition) is 2. The van der Waals surface area contributed by atoms with Crippen molar-refractivity contribution in [2.45, 2.75) is 33.1 Å². The molecule has 104 valence electrons. The second-order valence-corrected chi connectivity index (χ2v) is 4.79. The Morgan fingerprint density at radius 1 is 1.37 bits per heavy atom. The molecule has 0 saturated heterocycles. The first-order valence-electron chi connectivity index (χ1n) is 6.58. The van der Waals surface area contributed by atoms with Crippen LogP contribution in [0.4, 0.5) is 0 Å². The van der Waals surface area contributed by atoms with Crippen LogP contribution < -0.4 is 5.32 Å².